The quantitative estimate of drug-likeness (QED) is 0.355. The minimum Gasteiger partial charge on any atom is -0.394 e. The highest BCUT2D eigenvalue weighted by molar-refractivity contribution is 5.77. The van der Waals surface area contributed by atoms with Crippen molar-refractivity contribution in [3.63, 3.8) is 0 Å². The maximum absolute atomic E-state index is 11.9. The van der Waals surface area contributed by atoms with Gasteiger partial charge in [0.1, 0.15) is 24.4 Å². The van der Waals surface area contributed by atoms with Gasteiger partial charge < -0.3 is 30.5 Å². The number of ether oxygens (including phenoxy) is 1. The average Bonchev–Trinajstić information content (AvgIpc) is 2.28. The Balaban J connectivity index is 2.67. The van der Waals surface area contributed by atoms with Crippen molar-refractivity contribution in [1.29, 1.82) is 0 Å². The van der Waals surface area contributed by atoms with Gasteiger partial charge in [-0.1, -0.05) is 0 Å². The van der Waals surface area contributed by atoms with Crippen LogP contribution in [-0.4, -0.2) is 70.3 Å². The summed E-state index contributed by atoms with van der Waals surface area (Å²) in [5, 5.41) is 39.0. The van der Waals surface area contributed by atoms with Gasteiger partial charge in [-0.3, -0.25) is 4.79 Å². The Hall–Kier alpha value is -0.800. The van der Waals surface area contributed by atoms with Crippen LogP contribution < -0.4 is 5.32 Å². The number of halogens is 1. The largest absolute Gasteiger partial charge is 0.394 e. The molecule has 1 fully saturated rings. The van der Waals surface area contributed by atoms with E-state index in [2.05, 4.69) is 0 Å². The van der Waals surface area contributed by atoms with E-state index in [0.29, 0.717) is 0 Å². The van der Waals surface area contributed by atoms with Gasteiger partial charge in [0, 0.05) is 0 Å². The van der Waals surface area contributed by atoms with Gasteiger partial charge in [-0.15, -0.1) is 0 Å². The summed E-state index contributed by atoms with van der Waals surface area (Å²) in [6.45, 7) is -1.91. The van der Waals surface area contributed by atoms with Gasteiger partial charge in [0.15, 0.2) is 13.0 Å². The summed E-state index contributed by atoms with van der Waals surface area (Å²) in [5.41, 5.74) is 0. The van der Waals surface area contributed by atoms with Gasteiger partial charge in [0.05, 0.1) is 6.61 Å². The molecule has 0 aromatic heterocycles. The summed E-state index contributed by atoms with van der Waals surface area (Å²) in [6, 6.07) is -1.33. The average molecular weight is 239 g/mol. The van der Waals surface area contributed by atoms with Crippen LogP contribution in [0.2, 0.25) is 0 Å². The van der Waals surface area contributed by atoms with Crippen molar-refractivity contribution >= 4 is 5.91 Å². The predicted molar refractivity (Wildman–Crippen MR) is 47.9 cm³/mol. The first kappa shape index (κ1) is 13.3. The molecule has 0 aromatic carbocycles. The molecule has 0 radical (unpaired) electrons. The summed E-state index contributed by atoms with van der Waals surface area (Å²) in [4.78, 5) is 10.7. The lowest BCUT2D eigenvalue weighted by molar-refractivity contribution is -0.253. The molecular formula is C8H14FNO6. The second kappa shape index (κ2) is 5.51. The van der Waals surface area contributed by atoms with Crippen LogP contribution in [0.4, 0.5) is 4.39 Å². The first-order valence-electron chi connectivity index (χ1n) is 4.67. The van der Waals surface area contributed by atoms with Crippen molar-refractivity contribution in [3.05, 3.63) is 0 Å². The number of aliphatic hydroxyl groups is 4. The highest BCUT2D eigenvalue weighted by atomic mass is 19.1. The maximum Gasteiger partial charge on any atom is 0.251 e. The summed E-state index contributed by atoms with van der Waals surface area (Å²) >= 11 is 0. The van der Waals surface area contributed by atoms with E-state index in [1.807, 2.05) is 5.32 Å². The highest BCUT2D eigenvalue weighted by Gasteiger charge is 2.44. The minimum absolute atomic E-state index is 0.598. The molecule has 0 spiro atoms. The van der Waals surface area contributed by atoms with Gasteiger partial charge in [-0.25, -0.2) is 4.39 Å². The summed E-state index contributed by atoms with van der Waals surface area (Å²) in [5.74, 6) is -1.04. The molecule has 16 heavy (non-hydrogen) atoms. The molecular weight excluding hydrogens is 225 g/mol. The Morgan fingerprint density at radius 3 is 2.44 bits per heavy atom. The molecule has 1 rings (SSSR count). The fourth-order valence-electron chi connectivity index (χ4n) is 1.48. The van der Waals surface area contributed by atoms with E-state index in [4.69, 9.17) is 9.84 Å². The monoisotopic (exact) mass is 239 g/mol. The Labute approximate surface area is 90.5 Å². The Morgan fingerprint density at radius 1 is 1.31 bits per heavy atom. The van der Waals surface area contributed by atoms with Crippen LogP contribution in [0.15, 0.2) is 0 Å². The number of hydrogen-bond donors (Lipinski definition) is 5. The van der Waals surface area contributed by atoms with E-state index in [1.165, 1.54) is 0 Å². The van der Waals surface area contributed by atoms with E-state index in [9.17, 15) is 24.5 Å². The topological polar surface area (TPSA) is 119 Å². The molecule has 1 heterocycles. The van der Waals surface area contributed by atoms with Crippen LogP contribution >= 0.6 is 0 Å². The number of alkyl halides is 1. The SMILES string of the molecule is O=C(CF)N[C@@H]1[C@@H](O)[C@@H](O)[C@@H](CO)O[C@H]1O. The predicted octanol–water partition coefficient (Wildman–Crippen LogP) is -3.13. The Morgan fingerprint density at radius 2 is 1.94 bits per heavy atom. The van der Waals surface area contributed by atoms with Crippen LogP contribution in [0.1, 0.15) is 0 Å². The zero-order valence-electron chi connectivity index (χ0n) is 8.28. The molecule has 1 aliphatic heterocycles. The van der Waals surface area contributed by atoms with Crippen molar-refractivity contribution < 1.29 is 34.3 Å². The first-order chi connectivity index (χ1) is 7.51. The third-order valence-corrected chi connectivity index (χ3v) is 2.35. The molecule has 94 valence electrons. The maximum atomic E-state index is 11.9. The lowest BCUT2D eigenvalue weighted by Crippen LogP contribution is -2.64. The lowest BCUT2D eigenvalue weighted by Gasteiger charge is -2.40. The lowest BCUT2D eigenvalue weighted by atomic mass is 9.97. The van der Waals surface area contributed by atoms with Gasteiger partial charge in [-0.2, -0.15) is 0 Å². The third-order valence-electron chi connectivity index (χ3n) is 2.35. The zero-order chi connectivity index (χ0) is 12.3. The normalized spacial score (nSPS) is 39.4. The van der Waals surface area contributed by atoms with E-state index >= 15 is 0 Å². The molecule has 1 saturated heterocycles. The van der Waals surface area contributed by atoms with E-state index in [0.717, 1.165) is 0 Å². The molecule has 0 aromatic rings. The van der Waals surface area contributed by atoms with Crippen LogP contribution in [0.5, 0.6) is 0 Å². The number of aliphatic hydroxyl groups excluding tert-OH is 4. The molecule has 7 nitrogen and oxygen atoms in total. The second-order valence-corrected chi connectivity index (χ2v) is 3.46. The van der Waals surface area contributed by atoms with Crippen LogP contribution in [-0.2, 0) is 9.53 Å². The number of carbonyl (C=O) groups excluding carboxylic acids is 1. The number of rotatable bonds is 3. The van der Waals surface area contributed by atoms with Crippen LogP contribution in [0.25, 0.3) is 0 Å². The summed E-state index contributed by atoms with van der Waals surface area (Å²) in [6.07, 6.45) is -5.79. The summed E-state index contributed by atoms with van der Waals surface area (Å²) in [7, 11) is 0. The van der Waals surface area contributed by atoms with Crippen molar-refractivity contribution in [2.45, 2.75) is 30.6 Å². The third kappa shape index (κ3) is 2.66. The van der Waals surface area contributed by atoms with Crippen LogP contribution in [0, 0.1) is 0 Å². The summed E-state index contributed by atoms with van der Waals surface area (Å²) < 4.78 is 16.7. The van der Waals surface area contributed by atoms with Gasteiger partial charge in [-0.05, 0) is 0 Å². The minimum atomic E-state index is -1.62. The van der Waals surface area contributed by atoms with E-state index in [-0.39, 0.29) is 0 Å². The van der Waals surface area contributed by atoms with E-state index < -0.39 is 49.8 Å². The number of amides is 1. The van der Waals surface area contributed by atoms with Crippen molar-refractivity contribution in [3.8, 4) is 0 Å². The smallest absolute Gasteiger partial charge is 0.251 e. The molecule has 5 N–H and O–H groups in total. The van der Waals surface area contributed by atoms with Gasteiger partial charge >= 0.3 is 0 Å². The Bertz CT molecular complexity index is 253. The Kier molecular flexibility index (Phi) is 4.56. The number of carbonyl (C=O) groups is 1. The fraction of sp³-hybridized carbons (Fsp3) is 0.875. The molecule has 1 amide bonds. The zero-order valence-corrected chi connectivity index (χ0v) is 8.28. The van der Waals surface area contributed by atoms with Crippen molar-refractivity contribution in [1.82, 2.24) is 5.32 Å². The first-order valence-corrected chi connectivity index (χ1v) is 4.67. The van der Waals surface area contributed by atoms with Crippen LogP contribution in [0.3, 0.4) is 0 Å². The second-order valence-electron chi connectivity index (χ2n) is 3.46. The standard InChI is InChI=1S/C8H14FNO6/c9-1-4(12)10-5-7(14)6(13)3(2-11)16-8(5)15/h3,5-8,11,13-15H,1-2H2,(H,10,12)/t3-,5-,6+,7-,8-/m1/s1. The fourth-order valence-corrected chi connectivity index (χ4v) is 1.48. The van der Waals surface area contributed by atoms with Gasteiger partial charge in [0.2, 0.25) is 0 Å². The molecule has 0 aliphatic carbocycles. The molecule has 8 heteroatoms. The van der Waals surface area contributed by atoms with Crippen molar-refractivity contribution in [2.24, 2.45) is 0 Å². The molecule has 0 bridgehead atoms. The highest BCUT2D eigenvalue weighted by Crippen LogP contribution is 2.19. The van der Waals surface area contributed by atoms with Crippen molar-refractivity contribution in [2.75, 3.05) is 13.3 Å². The molecule has 5 atom stereocenters. The van der Waals surface area contributed by atoms with Gasteiger partial charge in [0.25, 0.3) is 5.91 Å². The molecule has 0 unspecified atom stereocenters. The number of hydrogen-bond acceptors (Lipinski definition) is 6. The molecule has 1 aliphatic rings. The molecule has 0 saturated carbocycles. The number of nitrogens with one attached hydrogen (secondary N) is 1. The van der Waals surface area contributed by atoms with E-state index in [1.54, 1.807) is 0 Å².